The van der Waals surface area contributed by atoms with Crippen LogP contribution >= 0.6 is 0 Å². The fraction of sp³-hybridized carbons (Fsp3) is 0.100. The van der Waals surface area contributed by atoms with Gasteiger partial charge in [-0.25, -0.2) is 4.79 Å². The van der Waals surface area contributed by atoms with Crippen molar-refractivity contribution in [2.75, 3.05) is 5.73 Å². The molecular weight excluding hydrogens is 166 g/mol. The van der Waals surface area contributed by atoms with Crippen LogP contribution in [0, 0.1) is 0 Å². The Labute approximate surface area is 76.5 Å². The first kappa shape index (κ1) is 9.32. The zero-order valence-electron chi connectivity index (χ0n) is 7.32. The van der Waals surface area contributed by atoms with E-state index < -0.39 is 5.97 Å². The Morgan fingerprint density at radius 1 is 1.54 bits per heavy atom. The third-order valence-electron chi connectivity index (χ3n) is 1.68. The van der Waals surface area contributed by atoms with Gasteiger partial charge in [-0.3, -0.25) is 0 Å². The van der Waals surface area contributed by atoms with Gasteiger partial charge in [0.25, 0.3) is 0 Å². The minimum atomic E-state index is -0.945. The van der Waals surface area contributed by atoms with Crippen LogP contribution in [0.2, 0.25) is 0 Å². The lowest BCUT2D eigenvalue weighted by Crippen LogP contribution is -1.91. The van der Waals surface area contributed by atoms with E-state index in [9.17, 15) is 4.79 Å². The van der Waals surface area contributed by atoms with Gasteiger partial charge >= 0.3 is 5.97 Å². The maximum Gasteiger partial charge on any atom is 0.328 e. The number of carboxylic acid groups (broad SMARTS) is 1. The Hall–Kier alpha value is -1.77. The molecule has 0 amide bonds. The molecule has 3 heteroatoms. The number of hydrogen-bond donors (Lipinski definition) is 2. The molecule has 0 saturated carbocycles. The second kappa shape index (κ2) is 3.76. The van der Waals surface area contributed by atoms with E-state index in [0.29, 0.717) is 11.3 Å². The number of aliphatic carboxylic acids is 1. The van der Waals surface area contributed by atoms with Gasteiger partial charge in [0.05, 0.1) is 0 Å². The Balaban J connectivity index is 3.02. The molecule has 1 rings (SSSR count). The van der Waals surface area contributed by atoms with Gasteiger partial charge in [0.15, 0.2) is 0 Å². The molecule has 0 radical (unpaired) electrons. The molecule has 0 bridgehead atoms. The summed E-state index contributed by atoms with van der Waals surface area (Å²) in [5.41, 5.74) is 7.72. The average molecular weight is 177 g/mol. The van der Waals surface area contributed by atoms with Crippen LogP contribution in [0.4, 0.5) is 5.69 Å². The van der Waals surface area contributed by atoms with E-state index in [-0.39, 0.29) is 0 Å². The van der Waals surface area contributed by atoms with Gasteiger partial charge in [-0.2, -0.15) is 0 Å². The smallest absolute Gasteiger partial charge is 0.328 e. The Bertz CT molecular complexity index is 356. The third-order valence-corrected chi connectivity index (χ3v) is 1.68. The number of nitrogens with two attached hydrogens (primary N) is 1. The first-order chi connectivity index (χ1) is 6.09. The average Bonchev–Trinajstić information content (AvgIpc) is 2.03. The zero-order valence-corrected chi connectivity index (χ0v) is 7.32. The van der Waals surface area contributed by atoms with Crippen molar-refractivity contribution < 1.29 is 9.90 Å². The SMILES string of the molecule is C/C(=C\C(=O)O)c1cccc(N)c1. The van der Waals surface area contributed by atoms with E-state index in [1.807, 2.05) is 6.07 Å². The second-order valence-corrected chi connectivity index (χ2v) is 2.79. The summed E-state index contributed by atoms with van der Waals surface area (Å²) in [4.78, 5) is 10.4. The Morgan fingerprint density at radius 3 is 2.77 bits per heavy atom. The van der Waals surface area contributed by atoms with Crippen molar-refractivity contribution in [1.29, 1.82) is 0 Å². The van der Waals surface area contributed by atoms with Crippen molar-refractivity contribution in [1.82, 2.24) is 0 Å². The molecule has 3 N–H and O–H groups in total. The van der Waals surface area contributed by atoms with Crippen molar-refractivity contribution in [3.63, 3.8) is 0 Å². The summed E-state index contributed by atoms with van der Waals surface area (Å²) < 4.78 is 0. The minimum absolute atomic E-state index is 0.635. The number of carbonyl (C=O) groups is 1. The lowest BCUT2D eigenvalue weighted by atomic mass is 10.1. The minimum Gasteiger partial charge on any atom is -0.478 e. The molecule has 0 aliphatic heterocycles. The predicted molar refractivity (Wildman–Crippen MR) is 52.1 cm³/mol. The van der Waals surface area contributed by atoms with Crippen LogP contribution in [0.1, 0.15) is 12.5 Å². The number of nitrogen functional groups attached to an aromatic ring is 1. The molecule has 3 nitrogen and oxygen atoms in total. The summed E-state index contributed by atoms with van der Waals surface area (Å²) in [5.74, 6) is -0.945. The Kier molecular flexibility index (Phi) is 2.69. The summed E-state index contributed by atoms with van der Waals surface area (Å²) in [6, 6.07) is 7.13. The Morgan fingerprint density at radius 2 is 2.23 bits per heavy atom. The van der Waals surface area contributed by atoms with Crippen LogP contribution in [0.15, 0.2) is 30.3 Å². The maximum absolute atomic E-state index is 10.4. The molecule has 0 atom stereocenters. The highest BCUT2D eigenvalue weighted by molar-refractivity contribution is 5.89. The number of allylic oxidation sites excluding steroid dienone is 1. The summed E-state index contributed by atoms with van der Waals surface area (Å²) in [6.07, 6.45) is 1.16. The van der Waals surface area contributed by atoms with Gasteiger partial charge in [0, 0.05) is 11.8 Å². The molecule has 13 heavy (non-hydrogen) atoms. The largest absolute Gasteiger partial charge is 0.478 e. The van der Waals surface area contributed by atoms with Gasteiger partial charge in [-0.05, 0) is 30.2 Å². The molecule has 0 saturated heterocycles. The highest BCUT2D eigenvalue weighted by Gasteiger charge is 1.98. The molecule has 68 valence electrons. The number of carboxylic acids is 1. The van der Waals surface area contributed by atoms with E-state index in [1.165, 1.54) is 0 Å². The van der Waals surface area contributed by atoms with E-state index >= 15 is 0 Å². The van der Waals surface area contributed by atoms with Gasteiger partial charge in [-0.1, -0.05) is 12.1 Å². The van der Waals surface area contributed by atoms with Crippen LogP contribution in [0.3, 0.4) is 0 Å². The van der Waals surface area contributed by atoms with Crippen LogP contribution < -0.4 is 5.73 Å². The van der Waals surface area contributed by atoms with E-state index in [4.69, 9.17) is 10.8 Å². The highest BCUT2D eigenvalue weighted by Crippen LogP contribution is 2.15. The quantitative estimate of drug-likeness (QED) is 0.534. The molecule has 1 aromatic rings. The fourth-order valence-corrected chi connectivity index (χ4v) is 1.05. The second-order valence-electron chi connectivity index (χ2n) is 2.79. The van der Waals surface area contributed by atoms with Crippen molar-refractivity contribution in [3.05, 3.63) is 35.9 Å². The van der Waals surface area contributed by atoms with E-state index in [0.717, 1.165) is 11.6 Å². The van der Waals surface area contributed by atoms with Crippen LogP contribution in [-0.4, -0.2) is 11.1 Å². The summed E-state index contributed by atoms with van der Waals surface area (Å²) in [7, 11) is 0. The topological polar surface area (TPSA) is 63.3 Å². The third kappa shape index (κ3) is 2.63. The van der Waals surface area contributed by atoms with Crippen molar-refractivity contribution in [2.45, 2.75) is 6.92 Å². The molecule has 0 spiro atoms. The highest BCUT2D eigenvalue weighted by atomic mass is 16.4. The molecule has 0 aromatic heterocycles. The van der Waals surface area contributed by atoms with Gasteiger partial charge in [-0.15, -0.1) is 0 Å². The maximum atomic E-state index is 10.4. The summed E-state index contributed by atoms with van der Waals surface area (Å²) in [5, 5.41) is 8.51. The molecule has 0 unspecified atom stereocenters. The lowest BCUT2D eigenvalue weighted by Gasteiger charge is -2.00. The molecule has 0 aliphatic rings. The van der Waals surface area contributed by atoms with Gasteiger partial charge in [0.2, 0.25) is 0 Å². The zero-order chi connectivity index (χ0) is 9.84. The van der Waals surface area contributed by atoms with Crippen molar-refractivity contribution in [3.8, 4) is 0 Å². The number of rotatable bonds is 2. The normalized spacial score (nSPS) is 11.3. The molecule has 0 fully saturated rings. The molecule has 0 heterocycles. The lowest BCUT2D eigenvalue weighted by molar-refractivity contribution is -0.131. The standard InChI is InChI=1S/C10H11NO2/c1-7(5-10(12)13)8-3-2-4-9(11)6-8/h2-6H,11H2,1H3,(H,12,13)/b7-5+. The van der Waals surface area contributed by atoms with Crippen LogP contribution in [0.5, 0.6) is 0 Å². The first-order valence-electron chi connectivity index (χ1n) is 3.87. The van der Waals surface area contributed by atoms with Crippen LogP contribution in [0.25, 0.3) is 5.57 Å². The van der Waals surface area contributed by atoms with Crippen LogP contribution in [-0.2, 0) is 4.79 Å². The molecule has 1 aromatic carbocycles. The van der Waals surface area contributed by atoms with Gasteiger partial charge < -0.3 is 10.8 Å². The van der Waals surface area contributed by atoms with Crippen molar-refractivity contribution in [2.24, 2.45) is 0 Å². The number of anilines is 1. The fourth-order valence-electron chi connectivity index (χ4n) is 1.05. The summed E-state index contributed by atoms with van der Waals surface area (Å²) in [6.45, 7) is 1.74. The molecule has 0 aliphatic carbocycles. The van der Waals surface area contributed by atoms with E-state index in [2.05, 4.69) is 0 Å². The number of benzene rings is 1. The molecular formula is C10H11NO2. The van der Waals surface area contributed by atoms with Crippen molar-refractivity contribution >= 4 is 17.2 Å². The summed E-state index contributed by atoms with van der Waals surface area (Å²) >= 11 is 0. The van der Waals surface area contributed by atoms with Gasteiger partial charge in [0.1, 0.15) is 0 Å². The first-order valence-corrected chi connectivity index (χ1v) is 3.87. The van der Waals surface area contributed by atoms with E-state index in [1.54, 1.807) is 25.1 Å². The number of hydrogen-bond acceptors (Lipinski definition) is 2. The monoisotopic (exact) mass is 177 g/mol. The predicted octanol–water partition coefficient (Wildman–Crippen LogP) is 1.76.